The van der Waals surface area contributed by atoms with Crippen molar-refractivity contribution in [3.05, 3.63) is 236 Å². The van der Waals surface area contributed by atoms with Crippen LogP contribution in [-0.2, 0) is 0 Å². The Morgan fingerprint density at radius 2 is 0.794 bits per heavy atom. The summed E-state index contributed by atoms with van der Waals surface area (Å²) in [6.07, 6.45) is 0. The summed E-state index contributed by atoms with van der Waals surface area (Å²) in [6.45, 7) is 0. The van der Waals surface area contributed by atoms with Gasteiger partial charge in [-0.3, -0.25) is 9.13 Å². The minimum absolute atomic E-state index is 0.00723. The third kappa shape index (κ3) is 5.95. The summed E-state index contributed by atoms with van der Waals surface area (Å²) in [6, 6.07) is 54.5. The predicted molar refractivity (Wildman–Crippen MR) is 263 cm³/mol. The van der Waals surface area contributed by atoms with Crippen LogP contribution in [0.1, 0.15) is 12.3 Å². The van der Waals surface area contributed by atoms with Crippen LogP contribution in [0.3, 0.4) is 0 Å². The van der Waals surface area contributed by atoms with Gasteiger partial charge in [0.15, 0.2) is 13.9 Å². The van der Waals surface area contributed by atoms with Crippen molar-refractivity contribution in [1.82, 2.24) is 24.1 Å². The van der Waals surface area contributed by atoms with Crippen molar-refractivity contribution in [3.63, 3.8) is 0 Å². The maximum Gasteiger partial charge on any atom is 0.240 e. The average molecular weight is 831 g/mol. The molecular weight excluding hydrogens is 783 g/mol. The molecule has 0 aliphatic rings. The normalized spacial score (nSPS) is 13.8. The van der Waals surface area contributed by atoms with Crippen LogP contribution in [-0.4, -0.2) is 32.2 Å². The van der Waals surface area contributed by atoms with E-state index >= 15 is 0 Å². The Balaban J connectivity index is 1.22. The molecule has 5 nitrogen and oxygen atoms in total. The molecule has 0 aliphatic carbocycles. The minimum atomic E-state index is -4.04. The number of nitrogens with zero attached hydrogens (tertiary/aromatic N) is 5. The fraction of sp³-hybridized carbons (Fsp3) is 0. The molecule has 0 unspecified atom stereocenters. The molecule has 12 aromatic rings. The number of para-hydroxylation sites is 4. The standard InChI is InChI=1S/C57H39N5Si/c1-4-20-40(21-5-1)41-22-18-28-45(38-41)63(43-24-6-2-7-25-43,44-26-8-3-9-27-44)46-29-19-23-42(39-46)55-58-56(61-51-34-14-10-30-47(51)48-31-11-15-35-52(48)61)60-57(59-55)62-53-36-16-12-32-49(53)50-33-13-17-37-54(50)62/h1-39H/i1D,4D,5D,19D,20D,21D,23D,29D,39D. The zero-order valence-corrected chi connectivity index (χ0v) is 34.6. The monoisotopic (exact) mass is 830 g/mol. The van der Waals surface area contributed by atoms with Gasteiger partial charge in [0.05, 0.1) is 34.4 Å². The van der Waals surface area contributed by atoms with Crippen LogP contribution < -0.4 is 20.7 Å². The van der Waals surface area contributed by atoms with Crippen molar-refractivity contribution in [2.75, 3.05) is 0 Å². The smallest absolute Gasteiger partial charge is 0.240 e. The fourth-order valence-corrected chi connectivity index (χ4v) is 13.7. The molecule has 0 spiro atoms. The lowest BCUT2D eigenvalue weighted by atomic mass is 10.1. The summed E-state index contributed by atoms with van der Waals surface area (Å²) >= 11 is 0. The summed E-state index contributed by atoms with van der Waals surface area (Å²) in [7, 11) is -4.04. The lowest BCUT2D eigenvalue weighted by Crippen LogP contribution is -2.74. The lowest BCUT2D eigenvalue weighted by molar-refractivity contribution is 0.893. The maximum absolute atomic E-state index is 10.6. The first-order valence-electron chi connectivity index (χ1n) is 25.1. The highest BCUT2D eigenvalue weighted by Gasteiger charge is 2.42. The summed E-state index contributed by atoms with van der Waals surface area (Å²) < 4.78 is 87.4. The first-order chi connectivity index (χ1) is 35.0. The quantitative estimate of drug-likeness (QED) is 0.113. The van der Waals surface area contributed by atoms with Gasteiger partial charge in [-0.1, -0.05) is 212 Å². The van der Waals surface area contributed by atoms with Gasteiger partial charge in [-0.15, -0.1) is 0 Å². The third-order valence-electron chi connectivity index (χ3n) is 11.9. The Morgan fingerprint density at radius 3 is 1.30 bits per heavy atom. The van der Waals surface area contributed by atoms with Gasteiger partial charge >= 0.3 is 0 Å². The Kier molecular flexibility index (Phi) is 6.78. The Morgan fingerprint density at radius 1 is 0.349 bits per heavy atom. The second-order valence-corrected chi connectivity index (χ2v) is 19.0. The molecule has 3 aromatic heterocycles. The molecule has 6 heteroatoms. The molecule has 0 radical (unpaired) electrons. The zero-order valence-electron chi connectivity index (χ0n) is 42.6. The van der Waals surface area contributed by atoms with Gasteiger partial charge in [0.1, 0.15) is 0 Å². The highest BCUT2D eigenvalue weighted by Crippen LogP contribution is 2.34. The minimum Gasteiger partial charge on any atom is -0.278 e. The number of aromatic nitrogens is 5. The molecule has 0 amide bonds. The van der Waals surface area contributed by atoms with Crippen molar-refractivity contribution in [1.29, 1.82) is 0 Å². The van der Waals surface area contributed by atoms with Gasteiger partial charge in [0, 0.05) is 27.1 Å². The molecule has 9 aromatic carbocycles. The van der Waals surface area contributed by atoms with E-state index in [1.165, 1.54) is 0 Å². The van der Waals surface area contributed by atoms with Gasteiger partial charge in [0.25, 0.3) is 0 Å². The summed E-state index contributed by atoms with van der Waals surface area (Å²) in [5.41, 5.74) is 3.58. The average Bonchev–Trinajstić information content (AvgIpc) is 3.94. The number of hydrogen-bond donors (Lipinski definition) is 0. The number of benzene rings is 9. The van der Waals surface area contributed by atoms with Crippen LogP contribution in [0.2, 0.25) is 0 Å². The molecule has 0 aliphatic heterocycles. The van der Waals surface area contributed by atoms with Gasteiger partial charge in [0.2, 0.25) is 11.9 Å². The van der Waals surface area contributed by atoms with Crippen LogP contribution in [0.4, 0.5) is 0 Å². The number of rotatable bonds is 8. The molecular formula is C57H39N5Si. The molecule has 12 rings (SSSR count). The van der Waals surface area contributed by atoms with Crippen LogP contribution in [0.5, 0.6) is 0 Å². The van der Waals surface area contributed by atoms with E-state index in [0.717, 1.165) is 54.0 Å². The summed E-state index contributed by atoms with van der Waals surface area (Å²) in [4.78, 5) is 15.7. The summed E-state index contributed by atoms with van der Waals surface area (Å²) in [5.74, 6) is 0.398. The van der Waals surface area contributed by atoms with Crippen molar-refractivity contribution in [2.45, 2.75) is 0 Å². The van der Waals surface area contributed by atoms with E-state index < -0.39 is 38.3 Å². The highest BCUT2D eigenvalue weighted by atomic mass is 28.3. The molecule has 0 bridgehead atoms. The van der Waals surface area contributed by atoms with Gasteiger partial charge < -0.3 is 0 Å². The van der Waals surface area contributed by atoms with Crippen LogP contribution in [0.15, 0.2) is 236 Å². The number of fused-ring (bicyclic) bond motifs is 6. The second kappa shape index (κ2) is 15.1. The van der Waals surface area contributed by atoms with E-state index in [1.54, 1.807) is 18.2 Å². The van der Waals surface area contributed by atoms with E-state index in [1.807, 2.05) is 173 Å². The van der Waals surface area contributed by atoms with Gasteiger partial charge in [-0.05, 0) is 56.1 Å². The number of hydrogen-bond acceptors (Lipinski definition) is 3. The fourth-order valence-electron chi connectivity index (χ4n) is 9.20. The van der Waals surface area contributed by atoms with Crippen molar-refractivity contribution in [3.8, 4) is 34.4 Å². The Labute approximate surface area is 378 Å². The van der Waals surface area contributed by atoms with Gasteiger partial charge in [-0.25, -0.2) is 0 Å². The largest absolute Gasteiger partial charge is 0.278 e. The van der Waals surface area contributed by atoms with E-state index in [2.05, 4.69) is 0 Å². The highest BCUT2D eigenvalue weighted by molar-refractivity contribution is 7.20. The molecule has 0 fully saturated rings. The molecule has 0 saturated heterocycles. The predicted octanol–water partition coefficient (Wildman–Crippen LogP) is 10.8. The molecule has 63 heavy (non-hydrogen) atoms. The van der Waals surface area contributed by atoms with E-state index in [9.17, 15) is 5.48 Å². The van der Waals surface area contributed by atoms with Crippen LogP contribution >= 0.6 is 0 Å². The Hall–Kier alpha value is -8.19. The molecule has 3 heterocycles. The molecule has 0 atom stereocenters. The van der Waals surface area contributed by atoms with E-state index in [-0.39, 0.29) is 58.2 Å². The van der Waals surface area contributed by atoms with Crippen LogP contribution in [0.25, 0.3) is 78.0 Å². The van der Waals surface area contributed by atoms with Crippen molar-refractivity contribution < 1.29 is 12.3 Å². The molecule has 0 N–H and O–H groups in total. The Bertz CT molecular complexity index is 3870. The topological polar surface area (TPSA) is 48.5 Å². The lowest BCUT2D eigenvalue weighted by Gasteiger charge is -2.35. The second-order valence-electron chi connectivity index (χ2n) is 15.3. The molecule has 0 saturated carbocycles. The summed E-state index contributed by atoms with van der Waals surface area (Å²) in [5, 5.41) is 6.16. The maximum atomic E-state index is 10.6. The van der Waals surface area contributed by atoms with Crippen molar-refractivity contribution >= 4 is 72.4 Å². The van der Waals surface area contributed by atoms with Crippen LogP contribution in [0, 0.1) is 0 Å². The first kappa shape index (κ1) is 28.4. The van der Waals surface area contributed by atoms with E-state index in [0.29, 0.717) is 10.8 Å². The first-order valence-corrected chi connectivity index (χ1v) is 22.6. The van der Waals surface area contributed by atoms with Gasteiger partial charge in [-0.2, -0.15) is 15.0 Å². The molecule has 296 valence electrons. The van der Waals surface area contributed by atoms with Crippen molar-refractivity contribution in [2.24, 2.45) is 0 Å². The zero-order chi connectivity index (χ0) is 49.6. The van der Waals surface area contributed by atoms with E-state index in [4.69, 9.17) is 21.8 Å². The SMILES string of the molecule is [2H]c1c([2H])c([2H])c(-c2cccc([Si](c3ccccc3)(c3ccccc3)c3c([2H])c([2H])c([2H])c(-c4nc(-n5c6ccccc6c6ccccc65)nc(-n5c6ccccc6c6ccccc65)n4)c3[2H])c2)c([2H])c1[2H]. The third-order valence-corrected chi connectivity index (χ3v) is 16.5.